The van der Waals surface area contributed by atoms with Crippen molar-refractivity contribution in [3.8, 4) is 0 Å². The molecule has 2 saturated heterocycles. The van der Waals surface area contributed by atoms with Crippen molar-refractivity contribution < 1.29 is 83.1 Å². The molecule has 2 amide bonds. The Bertz CT molecular complexity index is 5570. The molecule has 2 atom stereocenters. The SMILES string of the molecule is C.C.CN1CCC(N(C)C(=O)c2cccc(Nc3nc4nc5c(cnn35)CCCCC(=O)Nc3cccc(c3)N4)c2)C1.CNC1CCN(C)C1.COC(=O)CCCCc1cnn2c(Nc3cccc(C(=O)O)c3)nc(Nc3cccc(N)c3)nc12.COC(=O)CCCCc1cnn2c(Nc3cccc(C(=O)OC)c3)nc(Nc3cccc(N)c3)nc12.[Na+].[OH-]. The predicted octanol–water partition coefficient (Wildman–Crippen LogP) is 9.71. The molecule has 6 aromatic heterocycles. The molecule has 2 unspecified atom stereocenters. The molecule has 0 saturated carbocycles. The minimum absolute atomic E-state index is 0. The van der Waals surface area contributed by atoms with Gasteiger partial charge in [-0.3, -0.25) is 19.2 Å². The Kier molecular flexibility index (Phi) is 35.8. The van der Waals surface area contributed by atoms with Crippen molar-refractivity contribution in [1.82, 2.24) is 78.8 Å². The average Bonchev–Trinajstić information content (AvgIpc) is 1.67. The van der Waals surface area contributed by atoms with Gasteiger partial charge in [0.1, 0.15) is 0 Å². The number of hydrogen-bond donors (Lipinski definition) is 11. The summed E-state index contributed by atoms with van der Waals surface area (Å²) in [7, 11) is 12.2. The molecule has 6 aromatic carbocycles. The number of carboxylic acids is 1. The van der Waals surface area contributed by atoms with Crippen LogP contribution in [0.15, 0.2) is 164 Å². The van der Waals surface area contributed by atoms with Crippen LogP contribution in [0.2, 0.25) is 0 Å². The molecule has 123 heavy (non-hydrogen) atoms. The second kappa shape index (κ2) is 46.2. The third kappa shape index (κ3) is 26.5. The third-order valence-corrected chi connectivity index (χ3v) is 20.0. The first kappa shape index (κ1) is 95.5. The van der Waals surface area contributed by atoms with E-state index in [1.807, 2.05) is 97.9 Å². The molecule has 644 valence electrons. The second-order valence-electron chi connectivity index (χ2n) is 28.9. The van der Waals surface area contributed by atoms with E-state index in [9.17, 15) is 33.9 Å². The molecule has 0 spiro atoms. The number of nitrogens with two attached hydrogens (primary N) is 2. The van der Waals surface area contributed by atoms with E-state index in [0.717, 1.165) is 91.4 Å². The molecule has 12 aromatic rings. The van der Waals surface area contributed by atoms with Crippen molar-refractivity contribution in [3.05, 3.63) is 198 Å². The number of nitrogen functional groups attached to an aromatic ring is 2. The standard InChI is InChI=1S/C29H33N9O2.C25H27N7O4.C24H25N7O4.C6H14N2.2CH4.Na.H2O/c1-36-14-13-24(18-36)37(2)27(40)19-8-5-9-21(15-19)33-29-35-28-32-23-11-6-10-22(16-23)31-25(39)12-4-3-7-20-17-30-38(29)26(20)34-28;1-35-21(33)12-4-3-7-17-15-27-32-22(17)30-24(28-20-11-6-9-18(26)14-20)31-25(32)29-19-10-5-8-16(13-19)23(34)36-2;1-35-20(32)11-3-2-6-16-14-26-31-21(16)29-23(27-19-10-5-8-17(25)13-19)30-24(31)28-18-9-4-7-15(12-18)22(33)34;1-7-6-3-4-8(2)5-6;;;;/h5-6,8-11,15-17,24H,3-4,7,12-14,18H2,1-2H3,(H,31,39)(H2,32,33,34,35);5-6,8-11,13-15H,3-4,7,12,26H2,1-2H3,(H2,28,29,30,31);4-5,7-10,12-14H,2-3,6,11,25H2,1H3,(H,33,34)(H2,27,28,29,30);6-7H,3-5H2,1-2H3;2*1H4;;1H2/q;;;;;;+1;/p-1. The zero-order valence-electron chi connectivity index (χ0n) is 68.9. The number of hydrogen-bond acceptors (Lipinski definition) is 30. The van der Waals surface area contributed by atoms with Crippen molar-refractivity contribution in [1.29, 1.82) is 0 Å². The van der Waals surface area contributed by atoms with Crippen molar-refractivity contribution >= 4 is 140 Å². The maximum Gasteiger partial charge on any atom is 1.00 e. The van der Waals surface area contributed by atoms with E-state index >= 15 is 0 Å². The molecule has 0 radical (unpaired) electrons. The van der Waals surface area contributed by atoms with Crippen LogP contribution in [0, 0.1) is 0 Å². The number of aromatic carboxylic acids is 1. The summed E-state index contributed by atoms with van der Waals surface area (Å²) in [4.78, 5) is 106. The minimum atomic E-state index is -1.03. The Morgan fingerprint density at radius 3 is 1.49 bits per heavy atom. The topological polar surface area (TPSA) is 468 Å². The molecule has 2 fully saturated rings. The number of ether oxygens (including phenoxy) is 3. The van der Waals surface area contributed by atoms with Gasteiger partial charge in [-0.15, -0.1) is 0 Å². The van der Waals surface area contributed by atoms with Crippen molar-refractivity contribution in [2.24, 2.45) is 0 Å². The summed E-state index contributed by atoms with van der Waals surface area (Å²) in [5.74, 6) is 0.337. The number of esters is 3. The van der Waals surface area contributed by atoms with Crippen molar-refractivity contribution in [2.45, 2.75) is 117 Å². The Morgan fingerprint density at radius 1 is 0.528 bits per heavy atom. The van der Waals surface area contributed by atoms with Crippen LogP contribution in [0.5, 0.6) is 0 Å². The van der Waals surface area contributed by atoms with Gasteiger partial charge in [-0.25, -0.2) is 9.59 Å². The number of carbonyl (C=O) groups excluding carboxylic acids is 5. The number of rotatable bonds is 25. The van der Waals surface area contributed by atoms with Gasteiger partial charge in [-0.2, -0.15) is 58.7 Å². The van der Waals surface area contributed by atoms with Crippen LogP contribution in [0.3, 0.4) is 0 Å². The number of likely N-dealkylation sites (tertiary alicyclic amines) is 2. The molecule has 0 aliphatic carbocycles. The molecule has 14 N–H and O–H groups in total. The maximum absolute atomic E-state index is 13.3. The van der Waals surface area contributed by atoms with Gasteiger partial charge >= 0.3 is 53.4 Å². The number of unbranched alkanes of at least 4 members (excludes halogenated alkanes) is 2. The minimum Gasteiger partial charge on any atom is -0.870 e. The van der Waals surface area contributed by atoms with E-state index in [0.29, 0.717) is 143 Å². The summed E-state index contributed by atoms with van der Waals surface area (Å²) < 4.78 is 19.1. The largest absolute Gasteiger partial charge is 1.00 e. The summed E-state index contributed by atoms with van der Waals surface area (Å²) in [5.41, 5.74) is 23.6. The Morgan fingerprint density at radius 2 is 0.992 bits per heavy atom. The molecule has 4 bridgehead atoms. The molecule has 3 aliphatic heterocycles. The second-order valence-corrected chi connectivity index (χ2v) is 28.9. The number of anilines is 15. The van der Waals surface area contributed by atoms with Gasteiger partial charge in [-0.1, -0.05) is 51.3 Å². The number of likely N-dealkylation sites (N-methyl/N-ethyl adjacent to an activating group) is 4. The molecule has 3 aliphatic rings. The van der Waals surface area contributed by atoms with Crippen LogP contribution in [0.25, 0.3) is 16.9 Å². The monoisotopic (exact) mass is 1690 g/mol. The normalized spacial score (nSPS) is 14.0. The molecule has 37 heteroatoms. The Hall–Kier alpha value is -13.0. The van der Waals surface area contributed by atoms with Crippen LogP contribution in [-0.4, -0.2) is 208 Å². The van der Waals surface area contributed by atoms with Gasteiger partial charge in [-0.05, 0) is 214 Å². The predicted molar refractivity (Wildman–Crippen MR) is 471 cm³/mol. The molecule has 9 heterocycles. The number of aromatic nitrogens is 12. The number of methoxy groups -OCH3 is 3. The Labute approximate surface area is 735 Å². The Balaban J connectivity index is 0.000000215. The van der Waals surface area contributed by atoms with Gasteiger partial charge in [0.25, 0.3) is 5.91 Å². The van der Waals surface area contributed by atoms with Crippen LogP contribution >= 0.6 is 0 Å². The van der Waals surface area contributed by atoms with E-state index in [1.54, 1.807) is 86.7 Å². The number of carboxylic acid groups (broad SMARTS) is 1. The van der Waals surface area contributed by atoms with Gasteiger partial charge in [0, 0.05) is 125 Å². The number of benzene rings is 6. The van der Waals surface area contributed by atoms with Crippen molar-refractivity contribution in [2.75, 3.05) is 124 Å². The number of fused-ring (bicyclic) bond motifs is 5. The first-order chi connectivity index (χ1) is 57.6. The fraction of sp³-hybridized carbons (Fsp3) is 0.337. The summed E-state index contributed by atoms with van der Waals surface area (Å²) in [5, 5.41) is 48.4. The maximum atomic E-state index is 13.3. The van der Waals surface area contributed by atoms with E-state index < -0.39 is 11.9 Å². The first-order valence-corrected chi connectivity index (χ1v) is 39.2. The third-order valence-electron chi connectivity index (χ3n) is 20.0. The fourth-order valence-corrected chi connectivity index (χ4v) is 13.7. The number of amides is 2. The molecular formula is C86H108N25NaO11. The summed E-state index contributed by atoms with van der Waals surface area (Å²) in [6.07, 6.45) is 15.2. The van der Waals surface area contributed by atoms with E-state index in [-0.39, 0.29) is 85.2 Å². The zero-order chi connectivity index (χ0) is 83.9. The number of aryl methyl sites for hydroxylation is 3. The molecule has 15 rings (SSSR count). The molecular weight excluding hydrogens is 1580 g/mol. The van der Waals surface area contributed by atoms with Crippen molar-refractivity contribution in [3.63, 3.8) is 0 Å². The van der Waals surface area contributed by atoms with Crippen LogP contribution in [0.1, 0.15) is 133 Å². The number of nitrogens with one attached hydrogen (secondary N) is 8. The molecule has 36 nitrogen and oxygen atoms in total. The van der Waals surface area contributed by atoms with Gasteiger partial charge in [0.2, 0.25) is 41.6 Å². The van der Waals surface area contributed by atoms with Crippen LogP contribution in [0.4, 0.5) is 86.9 Å². The van der Waals surface area contributed by atoms with E-state index in [1.165, 1.54) is 53.0 Å². The smallest absolute Gasteiger partial charge is 0.870 e. The summed E-state index contributed by atoms with van der Waals surface area (Å²) in [6, 6.07) is 43.7. The van der Waals surface area contributed by atoms with Crippen LogP contribution in [-0.2, 0) is 47.9 Å². The fourth-order valence-electron chi connectivity index (χ4n) is 13.7. The summed E-state index contributed by atoms with van der Waals surface area (Å²) in [6.45, 7) is 4.35. The quantitative estimate of drug-likeness (QED) is 0.00833. The van der Waals surface area contributed by atoms with Crippen LogP contribution < -0.4 is 83.6 Å². The van der Waals surface area contributed by atoms with Gasteiger partial charge in [0.15, 0.2) is 16.9 Å². The first-order valence-electron chi connectivity index (χ1n) is 39.2. The number of nitrogens with zero attached hydrogens (tertiary/aromatic N) is 15. The van der Waals surface area contributed by atoms with E-state index in [4.69, 9.17) is 35.6 Å². The number of carbonyl (C=O) groups is 6. The zero-order valence-corrected chi connectivity index (χ0v) is 70.9. The summed E-state index contributed by atoms with van der Waals surface area (Å²) >= 11 is 0. The average molecular weight is 1690 g/mol. The van der Waals surface area contributed by atoms with Gasteiger partial charge < -0.3 is 93.5 Å². The van der Waals surface area contributed by atoms with E-state index in [2.05, 4.69) is 102 Å². The van der Waals surface area contributed by atoms with Gasteiger partial charge in [0.05, 0.1) is 51.0 Å².